The van der Waals surface area contributed by atoms with Gasteiger partial charge in [0.15, 0.2) is 0 Å². The van der Waals surface area contributed by atoms with Crippen molar-refractivity contribution in [2.24, 2.45) is 5.73 Å². The number of nitrogens with two attached hydrogens (primary N) is 1. The molecule has 1 aliphatic rings. The summed E-state index contributed by atoms with van der Waals surface area (Å²) in [5, 5.41) is 3.37. The zero-order valence-corrected chi connectivity index (χ0v) is 13.4. The van der Waals surface area contributed by atoms with Crippen molar-refractivity contribution in [3.05, 3.63) is 61.7 Å². The number of benzene rings is 2. The summed E-state index contributed by atoms with van der Waals surface area (Å²) in [6.07, 6.45) is 0.387. The van der Waals surface area contributed by atoms with Crippen molar-refractivity contribution < 1.29 is 4.79 Å². The van der Waals surface area contributed by atoms with Crippen LogP contribution >= 0.6 is 34.2 Å². The second kappa shape index (κ2) is 5.35. The van der Waals surface area contributed by atoms with Gasteiger partial charge >= 0.3 is 0 Å². The lowest BCUT2D eigenvalue weighted by Gasteiger charge is -2.17. The first-order valence-corrected chi connectivity index (χ1v) is 7.64. The van der Waals surface area contributed by atoms with Crippen molar-refractivity contribution >= 4 is 45.8 Å². The van der Waals surface area contributed by atoms with Crippen LogP contribution in [0.4, 0.5) is 5.69 Å². The summed E-state index contributed by atoms with van der Waals surface area (Å²) in [4.78, 5) is 11.4. The van der Waals surface area contributed by atoms with Gasteiger partial charge < -0.3 is 11.1 Å². The normalized spacial score (nSPS) is 14.8. The molecule has 1 aliphatic heterocycles. The van der Waals surface area contributed by atoms with E-state index in [9.17, 15) is 4.79 Å². The van der Waals surface area contributed by atoms with Crippen LogP contribution in [0.25, 0.3) is 0 Å². The van der Waals surface area contributed by atoms with Gasteiger partial charge in [-0.1, -0.05) is 29.8 Å². The highest BCUT2D eigenvalue weighted by Gasteiger charge is 2.22. The molecule has 20 heavy (non-hydrogen) atoms. The zero-order valence-electron chi connectivity index (χ0n) is 10.5. The lowest BCUT2D eigenvalue weighted by atomic mass is 9.97. The van der Waals surface area contributed by atoms with Crippen LogP contribution in [0.2, 0.25) is 5.02 Å². The number of nitrogens with one attached hydrogen (secondary N) is 1. The number of fused-ring (bicyclic) bond motifs is 1. The van der Waals surface area contributed by atoms with Gasteiger partial charge in [-0.3, -0.25) is 4.79 Å². The van der Waals surface area contributed by atoms with Gasteiger partial charge in [0.1, 0.15) is 0 Å². The Morgan fingerprint density at radius 3 is 2.75 bits per heavy atom. The molecule has 0 fully saturated rings. The number of hydrogen-bond donors (Lipinski definition) is 2. The molecule has 3 nitrogen and oxygen atoms in total. The third-order valence-electron chi connectivity index (χ3n) is 3.42. The fourth-order valence-corrected chi connectivity index (χ4v) is 3.40. The van der Waals surface area contributed by atoms with Gasteiger partial charge in [0.25, 0.3) is 0 Å². The van der Waals surface area contributed by atoms with Gasteiger partial charge in [0.2, 0.25) is 5.91 Å². The molecule has 0 saturated heterocycles. The first kappa shape index (κ1) is 13.9. The molecule has 1 unspecified atom stereocenters. The third-order valence-corrected chi connectivity index (χ3v) is 4.73. The van der Waals surface area contributed by atoms with Crippen LogP contribution in [0.5, 0.6) is 0 Å². The number of halogens is 2. The second-order valence-corrected chi connectivity index (χ2v) is 6.32. The Hall–Kier alpha value is -1.11. The topological polar surface area (TPSA) is 55.1 Å². The molecule has 0 bridgehead atoms. The minimum atomic E-state index is -0.295. The lowest BCUT2D eigenvalue weighted by molar-refractivity contribution is -0.115. The number of carbonyl (C=O) groups is 1. The van der Waals surface area contributed by atoms with E-state index in [1.165, 1.54) is 0 Å². The van der Waals surface area contributed by atoms with Gasteiger partial charge in [-0.2, -0.15) is 0 Å². The summed E-state index contributed by atoms with van der Waals surface area (Å²) in [6.45, 7) is 0. The number of amides is 1. The molecule has 3 rings (SSSR count). The maximum absolute atomic E-state index is 11.4. The van der Waals surface area contributed by atoms with Crippen LogP contribution in [0.1, 0.15) is 22.7 Å². The minimum Gasteiger partial charge on any atom is -0.325 e. The molecule has 0 saturated carbocycles. The van der Waals surface area contributed by atoms with Crippen LogP contribution in [0.3, 0.4) is 0 Å². The lowest BCUT2D eigenvalue weighted by Crippen LogP contribution is -2.14. The first-order valence-electron chi connectivity index (χ1n) is 6.18. The Morgan fingerprint density at radius 1 is 1.25 bits per heavy atom. The highest BCUT2D eigenvalue weighted by atomic mass is 127. The van der Waals surface area contributed by atoms with Crippen molar-refractivity contribution in [1.82, 2.24) is 0 Å². The average Bonchev–Trinajstić information content (AvgIpc) is 2.76. The Morgan fingerprint density at radius 2 is 2.00 bits per heavy atom. The largest absolute Gasteiger partial charge is 0.325 e. The summed E-state index contributed by atoms with van der Waals surface area (Å²) in [6, 6.07) is 11.4. The van der Waals surface area contributed by atoms with Crippen molar-refractivity contribution in [2.75, 3.05) is 5.32 Å². The molecule has 1 heterocycles. The molecule has 3 N–H and O–H groups in total. The SMILES string of the molecule is NC(c1cc2c(cc1Cl)NC(=O)C2)c1ccccc1I. The third kappa shape index (κ3) is 2.43. The number of carbonyl (C=O) groups excluding carboxylic acids is 1. The molecule has 0 aromatic heterocycles. The van der Waals surface area contributed by atoms with Crippen LogP contribution in [0, 0.1) is 3.57 Å². The van der Waals surface area contributed by atoms with E-state index in [0.29, 0.717) is 11.4 Å². The molecule has 2 aromatic carbocycles. The summed E-state index contributed by atoms with van der Waals surface area (Å²) >= 11 is 8.58. The molecular weight excluding hydrogens is 387 g/mol. The van der Waals surface area contributed by atoms with Crippen LogP contribution in [-0.2, 0) is 11.2 Å². The molecule has 2 aromatic rings. The number of anilines is 1. The Balaban J connectivity index is 2.05. The quantitative estimate of drug-likeness (QED) is 0.761. The van der Waals surface area contributed by atoms with Gasteiger partial charge in [0, 0.05) is 14.3 Å². The Labute approximate surface area is 135 Å². The van der Waals surface area contributed by atoms with Gasteiger partial charge in [-0.05, 0) is 57.5 Å². The Kier molecular flexibility index (Phi) is 3.70. The second-order valence-electron chi connectivity index (χ2n) is 4.76. The molecular formula is C15H12ClIN2O. The summed E-state index contributed by atoms with van der Waals surface area (Å²) in [5.41, 5.74) is 9.98. The van der Waals surface area contributed by atoms with E-state index in [1.54, 1.807) is 6.07 Å². The molecule has 1 amide bonds. The van der Waals surface area contributed by atoms with Gasteiger partial charge in [-0.15, -0.1) is 0 Å². The standard InChI is InChI=1S/C15H12ClIN2O/c16-11-7-13-8(6-14(20)19-13)5-10(11)15(18)9-3-1-2-4-12(9)17/h1-5,7,15H,6,18H2,(H,19,20). The van der Waals surface area contributed by atoms with E-state index in [1.807, 2.05) is 30.3 Å². The number of rotatable bonds is 2. The maximum atomic E-state index is 11.4. The highest BCUT2D eigenvalue weighted by Crippen LogP contribution is 2.35. The monoisotopic (exact) mass is 398 g/mol. The molecule has 0 radical (unpaired) electrons. The van der Waals surface area contributed by atoms with Gasteiger partial charge in [0.05, 0.1) is 12.5 Å². The molecule has 0 aliphatic carbocycles. The van der Waals surface area contributed by atoms with E-state index in [4.69, 9.17) is 17.3 Å². The average molecular weight is 399 g/mol. The summed E-state index contributed by atoms with van der Waals surface area (Å²) in [5.74, 6) is -0.00363. The van der Waals surface area contributed by atoms with Crippen molar-refractivity contribution in [3.63, 3.8) is 0 Å². The number of hydrogen-bond acceptors (Lipinski definition) is 2. The minimum absolute atomic E-state index is 0.00363. The van der Waals surface area contributed by atoms with Crippen LogP contribution < -0.4 is 11.1 Å². The molecule has 102 valence electrons. The first-order chi connectivity index (χ1) is 9.56. The molecule has 0 spiro atoms. The van der Waals surface area contributed by atoms with Crippen molar-refractivity contribution in [2.45, 2.75) is 12.5 Å². The predicted octanol–water partition coefficient (Wildman–Crippen LogP) is 3.49. The van der Waals surface area contributed by atoms with E-state index in [-0.39, 0.29) is 11.9 Å². The Bertz CT molecular complexity index is 702. The van der Waals surface area contributed by atoms with Gasteiger partial charge in [-0.25, -0.2) is 0 Å². The van der Waals surface area contributed by atoms with Crippen molar-refractivity contribution in [3.8, 4) is 0 Å². The molecule has 5 heteroatoms. The fourth-order valence-electron chi connectivity index (χ4n) is 2.40. The smallest absolute Gasteiger partial charge is 0.228 e. The predicted molar refractivity (Wildman–Crippen MR) is 89.0 cm³/mol. The van der Waals surface area contributed by atoms with E-state index in [2.05, 4.69) is 27.9 Å². The van der Waals surface area contributed by atoms with E-state index < -0.39 is 0 Å². The fraction of sp³-hybridized carbons (Fsp3) is 0.133. The maximum Gasteiger partial charge on any atom is 0.228 e. The summed E-state index contributed by atoms with van der Waals surface area (Å²) < 4.78 is 1.10. The van der Waals surface area contributed by atoms with Crippen molar-refractivity contribution in [1.29, 1.82) is 0 Å². The van der Waals surface area contributed by atoms with E-state index in [0.717, 1.165) is 25.9 Å². The van der Waals surface area contributed by atoms with Crippen LogP contribution in [0.15, 0.2) is 36.4 Å². The molecule has 1 atom stereocenters. The summed E-state index contributed by atoms with van der Waals surface area (Å²) in [7, 11) is 0. The van der Waals surface area contributed by atoms with E-state index >= 15 is 0 Å². The zero-order chi connectivity index (χ0) is 14.3. The van der Waals surface area contributed by atoms with Crippen LogP contribution in [-0.4, -0.2) is 5.91 Å². The highest BCUT2D eigenvalue weighted by molar-refractivity contribution is 14.1.